The minimum absolute atomic E-state index is 0.0213. The predicted molar refractivity (Wildman–Crippen MR) is 103 cm³/mol. The van der Waals surface area contributed by atoms with Gasteiger partial charge < -0.3 is 10.6 Å². The molecule has 1 rings (SSSR count). The molecule has 140 valence electrons. The van der Waals surface area contributed by atoms with Gasteiger partial charge in [-0.1, -0.05) is 72.7 Å². The third-order valence-electron chi connectivity index (χ3n) is 4.26. The van der Waals surface area contributed by atoms with E-state index in [1.807, 2.05) is 20.8 Å². The first kappa shape index (κ1) is 21.2. The predicted octanol–water partition coefficient (Wildman–Crippen LogP) is 4.18. The lowest BCUT2D eigenvalue weighted by Gasteiger charge is -2.24. The number of benzene rings is 1. The van der Waals surface area contributed by atoms with Gasteiger partial charge in [0.25, 0.3) is 0 Å². The molecule has 0 saturated heterocycles. The lowest BCUT2D eigenvalue weighted by atomic mass is 9.93. The first-order valence-corrected chi connectivity index (χ1v) is 9.20. The van der Waals surface area contributed by atoms with Crippen LogP contribution in [-0.2, 0) is 9.59 Å². The number of hydrogen-bond acceptors (Lipinski definition) is 2. The summed E-state index contributed by atoms with van der Waals surface area (Å²) in [6.45, 7) is 14.5. The molecule has 4 nitrogen and oxygen atoms in total. The summed E-state index contributed by atoms with van der Waals surface area (Å²) in [6, 6.07) is 8.44. The number of rotatable bonds is 7. The van der Waals surface area contributed by atoms with E-state index in [9.17, 15) is 9.59 Å². The Bertz CT molecular complexity index is 569. The number of nitrogens with one attached hydrogen (secondary N) is 2. The number of hydrogen-bond donors (Lipinski definition) is 2. The number of carbonyl (C=O) groups is 2. The zero-order chi connectivity index (χ0) is 19.2. The quantitative estimate of drug-likeness (QED) is 0.778. The average Bonchev–Trinajstić information content (AvgIpc) is 2.51. The van der Waals surface area contributed by atoms with E-state index in [0.29, 0.717) is 12.5 Å². The second-order valence-electron chi connectivity index (χ2n) is 8.37. The monoisotopic (exact) mass is 346 g/mol. The molecule has 0 saturated carbocycles. The summed E-state index contributed by atoms with van der Waals surface area (Å²) in [7, 11) is 0. The highest BCUT2D eigenvalue weighted by Gasteiger charge is 2.22. The van der Waals surface area contributed by atoms with Crippen LogP contribution in [0.15, 0.2) is 24.3 Å². The Morgan fingerprint density at radius 3 is 1.92 bits per heavy atom. The summed E-state index contributed by atoms with van der Waals surface area (Å²) in [5, 5.41) is 5.92. The van der Waals surface area contributed by atoms with Crippen LogP contribution < -0.4 is 10.6 Å². The van der Waals surface area contributed by atoms with Gasteiger partial charge >= 0.3 is 0 Å². The van der Waals surface area contributed by atoms with Crippen molar-refractivity contribution in [2.45, 2.75) is 66.8 Å². The van der Waals surface area contributed by atoms with E-state index in [1.165, 1.54) is 5.56 Å². The molecule has 0 spiro atoms. The molecular formula is C21H34N2O2. The molecule has 1 unspecified atom stereocenters. The topological polar surface area (TPSA) is 58.2 Å². The van der Waals surface area contributed by atoms with Gasteiger partial charge in [-0.3, -0.25) is 9.59 Å². The van der Waals surface area contributed by atoms with Crippen LogP contribution in [0.2, 0.25) is 0 Å². The van der Waals surface area contributed by atoms with Gasteiger partial charge in [0.2, 0.25) is 11.8 Å². The van der Waals surface area contributed by atoms with E-state index in [4.69, 9.17) is 0 Å². The fourth-order valence-electron chi connectivity index (χ4n) is 2.52. The summed E-state index contributed by atoms with van der Waals surface area (Å²) in [5.41, 5.74) is 1.98. The van der Waals surface area contributed by atoms with Gasteiger partial charge in [0.05, 0.1) is 6.04 Å². The Morgan fingerprint density at radius 1 is 0.960 bits per heavy atom. The maximum atomic E-state index is 12.3. The molecular weight excluding hydrogens is 312 g/mol. The first-order valence-electron chi connectivity index (χ1n) is 9.20. The molecule has 1 atom stereocenters. The molecule has 1 aromatic carbocycles. The normalized spacial score (nSPS) is 13.0. The highest BCUT2D eigenvalue weighted by atomic mass is 16.2. The highest BCUT2D eigenvalue weighted by Crippen LogP contribution is 2.24. The minimum atomic E-state index is -0.435. The van der Waals surface area contributed by atoms with Gasteiger partial charge in [-0.05, 0) is 23.0 Å². The van der Waals surface area contributed by atoms with Crippen molar-refractivity contribution in [1.29, 1.82) is 0 Å². The van der Waals surface area contributed by atoms with Crippen LogP contribution in [0.3, 0.4) is 0 Å². The van der Waals surface area contributed by atoms with Crippen molar-refractivity contribution < 1.29 is 9.59 Å². The van der Waals surface area contributed by atoms with Crippen LogP contribution in [0.25, 0.3) is 0 Å². The van der Waals surface area contributed by atoms with Gasteiger partial charge in [0.15, 0.2) is 0 Å². The van der Waals surface area contributed by atoms with Crippen molar-refractivity contribution in [3.05, 3.63) is 35.4 Å². The van der Waals surface area contributed by atoms with Gasteiger partial charge in [-0.25, -0.2) is 0 Å². The van der Waals surface area contributed by atoms with Crippen LogP contribution in [0.5, 0.6) is 0 Å². The molecule has 0 aliphatic rings. The Hall–Kier alpha value is -1.84. The van der Waals surface area contributed by atoms with Crippen molar-refractivity contribution in [1.82, 2.24) is 10.6 Å². The van der Waals surface area contributed by atoms with Crippen molar-refractivity contribution in [2.24, 2.45) is 11.3 Å². The SMILES string of the molecule is CC(C)c1ccc(C(NC(=O)CCNC(=O)C(C)(C)C)C(C)C)cc1. The third kappa shape index (κ3) is 6.89. The van der Waals surface area contributed by atoms with Crippen molar-refractivity contribution in [2.75, 3.05) is 6.54 Å². The van der Waals surface area contributed by atoms with E-state index in [-0.39, 0.29) is 30.2 Å². The third-order valence-corrected chi connectivity index (χ3v) is 4.26. The van der Waals surface area contributed by atoms with Crippen LogP contribution in [-0.4, -0.2) is 18.4 Å². The molecule has 2 amide bonds. The van der Waals surface area contributed by atoms with E-state index in [1.54, 1.807) is 0 Å². The van der Waals surface area contributed by atoms with Gasteiger partial charge in [-0.2, -0.15) is 0 Å². The van der Waals surface area contributed by atoms with Crippen LogP contribution in [0.4, 0.5) is 0 Å². The van der Waals surface area contributed by atoms with Gasteiger partial charge in [0.1, 0.15) is 0 Å². The molecule has 0 aliphatic heterocycles. The summed E-state index contributed by atoms with van der Waals surface area (Å²) >= 11 is 0. The molecule has 0 fully saturated rings. The Kier molecular flexibility index (Phi) is 7.65. The number of amides is 2. The number of carbonyl (C=O) groups excluding carboxylic acids is 2. The molecule has 2 N–H and O–H groups in total. The molecule has 0 bridgehead atoms. The standard InChI is InChI=1S/C21H34N2O2/c1-14(2)16-8-10-17(11-9-16)19(15(3)4)23-18(24)12-13-22-20(25)21(5,6)7/h8-11,14-15,19H,12-13H2,1-7H3,(H,22,25)(H,23,24). The fourth-order valence-corrected chi connectivity index (χ4v) is 2.52. The van der Waals surface area contributed by atoms with E-state index in [0.717, 1.165) is 5.56 Å². The lowest BCUT2D eigenvalue weighted by Crippen LogP contribution is -2.38. The molecule has 0 aliphatic carbocycles. The minimum Gasteiger partial charge on any atom is -0.355 e. The average molecular weight is 347 g/mol. The zero-order valence-electron chi connectivity index (χ0n) is 16.8. The fraction of sp³-hybridized carbons (Fsp3) is 0.619. The smallest absolute Gasteiger partial charge is 0.225 e. The lowest BCUT2D eigenvalue weighted by molar-refractivity contribution is -0.128. The van der Waals surface area contributed by atoms with Crippen LogP contribution in [0, 0.1) is 11.3 Å². The molecule has 0 heterocycles. The molecule has 0 aromatic heterocycles. The van der Waals surface area contributed by atoms with Gasteiger partial charge in [0, 0.05) is 18.4 Å². The van der Waals surface area contributed by atoms with E-state index in [2.05, 4.69) is 62.6 Å². The molecule has 4 heteroatoms. The Labute approximate surface area is 152 Å². The summed E-state index contributed by atoms with van der Waals surface area (Å²) in [6.07, 6.45) is 0.287. The molecule has 1 aromatic rings. The Balaban J connectivity index is 2.63. The second-order valence-corrected chi connectivity index (χ2v) is 8.37. The molecule has 0 radical (unpaired) electrons. The van der Waals surface area contributed by atoms with E-state index >= 15 is 0 Å². The van der Waals surface area contributed by atoms with Crippen LogP contribution >= 0.6 is 0 Å². The zero-order valence-corrected chi connectivity index (χ0v) is 16.8. The van der Waals surface area contributed by atoms with Gasteiger partial charge in [-0.15, -0.1) is 0 Å². The first-order chi connectivity index (χ1) is 11.5. The highest BCUT2D eigenvalue weighted by molar-refractivity contribution is 5.82. The largest absolute Gasteiger partial charge is 0.355 e. The van der Waals surface area contributed by atoms with Crippen molar-refractivity contribution in [3.63, 3.8) is 0 Å². The van der Waals surface area contributed by atoms with Crippen molar-refractivity contribution >= 4 is 11.8 Å². The summed E-state index contributed by atoms with van der Waals surface area (Å²) in [5.74, 6) is 0.705. The van der Waals surface area contributed by atoms with Crippen LogP contribution in [0.1, 0.15) is 78.0 Å². The summed E-state index contributed by atoms with van der Waals surface area (Å²) in [4.78, 5) is 24.1. The maximum Gasteiger partial charge on any atom is 0.225 e. The second kappa shape index (κ2) is 9.02. The Morgan fingerprint density at radius 2 is 1.48 bits per heavy atom. The summed E-state index contributed by atoms with van der Waals surface area (Å²) < 4.78 is 0. The maximum absolute atomic E-state index is 12.3. The van der Waals surface area contributed by atoms with Crippen molar-refractivity contribution in [3.8, 4) is 0 Å². The van der Waals surface area contributed by atoms with E-state index < -0.39 is 5.41 Å². The molecule has 25 heavy (non-hydrogen) atoms.